The maximum absolute atomic E-state index is 10.7. The van der Waals surface area contributed by atoms with Gasteiger partial charge in [-0.15, -0.1) is 0 Å². The molecule has 28 heavy (non-hydrogen) atoms. The van der Waals surface area contributed by atoms with Gasteiger partial charge in [-0.3, -0.25) is 4.55 Å². The number of halogens is 4. The van der Waals surface area contributed by atoms with Gasteiger partial charge in [0.05, 0.1) is 7.11 Å². The molecule has 10 heteroatoms. The predicted octanol–water partition coefficient (Wildman–Crippen LogP) is 4.69. The quantitative estimate of drug-likeness (QED) is 0.547. The number of nitrogens with zero attached hydrogens (tertiary/aromatic N) is 1. The molecular formula is C18H17ClF3NO4S. The third-order valence-electron chi connectivity index (χ3n) is 3.92. The average molecular weight is 436 g/mol. The van der Waals surface area contributed by atoms with E-state index in [4.69, 9.17) is 29.3 Å². The lowest BCUT2D eigenvalue weighted by molar-refractivity contribution is -0.0510. The molecule has 0 fully saturated rings. The second kappa shape index (κ2) is 8.42. The number of hydrogen-bond donors (Lipinski definition) is 1. The first-order chi connectivity index (χ1) is 12.9. The smallest absolute Gasteiger partial charge is 0.496 e. The summed E-state index contributed by atoms with van der Waals surface area (Å²) in [5.74, 6) is 0.945. The van der Waals surface area contributed by atoms with Crippen molar-refractivity contribution in [2.24, 2.45) is 0 Å². The summed E-state index contributed by atoms with van der Waals surface area (Å²) in [6.07, 6.45) is 2.20. The van der Waals surface area contributed by atoms with Crippen molar-refractivity contribution in [3.05, 3.63) is 64.2 Å². The van der Waals surface area contributed by atoms with Gasteiger partial charge in [0.2, 0.25) is 0 Å². The van der Waals surface area contributed by atoms with Crippen LogP contribution >= 0.6 is 11.6 Å². The molecule has 152 valence electrons. The van der Waals surface area contributed by atoms with Crippen LogP contribution in [0.15, 0.2) is 42.5 Å². The molecule has 0 amide bonds. The largest absolute Gasteiger partial charge is 0.522 e. The number of rotatable bonds is 2. The summed E-state index contributed by atoms with van der Waals surface area (Å²) in [4.78, 5) is 2.23. The summed E-state index contributed by atoms with van der Waals surface area (Å²) in [6.45, 7) is 0.841. The molecule has 1 heterocycles. The van der Waals surface area contributed by atoms with Crippen molar-refractivity contribution in [3.63, 3.8) is 0 Å². The van der Waals surface area contributed by atoms with Crippen molar-refractivity contribution < 1.29 is 30.9 Å². The van der Waals surface area contributed by atoms with Crippen LogP contribution in [0, 0.1) is 0 Å². The molecule has 5 nitrogen and oxygen atoms in total. The minimum atomic E-state index is -5.84. The monoisotopic (exact) mass is 435 g/mol. The summed E-state index contributed by atoms with van der Waals surface area (Å²) >= 11 is 5.96. The number of fused-ring (bicyclic) bond motifs is 1. The van der Waals surface area contributed by atoms with Crippen LogP contribution in [0.4, 0.5) is 13.2 Å². The fraction of sp³-hybridized carbons (Fsp3) is 0.222. The number of alkyl halides is 3. The minimum absolute atomic E-state index is 0.759. The lowest BCUT2D eigenvalue weighted by Gasteiger charge is -2.29. The molecule has 2 aromatic rings. The molecular weight excluding hydrogens is 419 g/mol. The first kappa shape index (κ1) is 22.1. The van der Waals surface area contributed by atoms with Gasteiger partial charge in [-0.1, -0.05) is 35.9 Å². The Morgan fingerprint density at radius 2 is 1.71 bits per heavy atom. The minimum Gasteiger partial charge on any atom is -0.496 e. The van der Waals surface area contributed by atoms with Gasteiger partial charge in [0.15, 0.2) is 0 Å². The Bertz CT molecular complexity index is 973. The third-order valence-corrected chi connectivity index (χ3v) is 4.76. The van der Waals surface area contributed by atoms with Crippen LogP contribution in [-0.4, -0.2) is 37.5 Å². The van der Waals surface area contributed by atoms with Crippen LogP contribution in [0.5, 0.6) is 5.75 Å². The Hall–Kier alpha value is -2.23. The molecule has 0 bridgehead atoms. The third kappa shape index (κ3) is 5.18. The van der Waals surface area contributed by atoms with Crippen LogP contribution in [0.1, 0.15) is 16.7 Å². The average Bonchev–Trinajstić information content (AvgIpc) is 2.60. The molecule has 3 rings (SSSR count). The number of benzene rings is 2. The highest BCUT2D eigenvalue weighted by atomic mass is 35.5. The van der Waals surface area contributed by atoms with Crippen LogP contribution in [0.3, 0.4) is 0 Å². The van der Waals surface area contributed by atoms with Crippen LogP contribution in [-0.2, 0) is 16.7 Å². The van der Waals surface area contributed by atoms with Crippen molar-refractivity contribution in [1.29, 1.82) is 0 Å². The summed E-state index contributed by atoms with van der Waals surface area (Å²) in [5.41, 5.74) is -0.720. The molecule has 0 unspecified atom stereocenters. The molecule has 2 aromatic carbocycles. The maximum Gasteiger partial charge on any atom is 0.522 e. The summed E-state index contributed by atoms with van der Waals surface area (Å²) < 4.78 is 63.0. The van der Waals surface area contributed by atoms with Gasteiger partial charge in [-0.25, -0.2) is 0 Å². The highest BCUT2D eigenvalue weighted by molar-refractivity contribution is 7.86. The predicted molar refractivity (Wildman–Crippen MR) is 101 cm³/mol. The normalized spacial score (nSPS) is 13.8. The van der Waals surface area contributed by atoms with Crippen molar-refractivity contribution in [2.45, 2.75) is 12.1 Å². The second-order valence-corrected chi connectivity index (χ2v) is 7.69. The Labute approximate surface area is 165 Å². The zero-order valence-electron chi connectivity index (χ0n) is 14.9. The van der Waals surface area contributed by atoms with E-state index in [-0.39, 0.29) is 0 Å². The van der Waals surface area contributed by atoms with E-state index in [1.54, 1.807) is 7.11 Å². The van der Waals surface area contributed by atoms with Gasteiger partial charge in [0, 0.05) is 29.9 Å². The fourth-order valence-corrected chi connectivity index (χ4v) is 2.71. The number of methoxy groups -OCH3 is 1. The van der Waals surface area contributed by atoms with Crippen molar-refractivity contribution >= 4 is 33.5 Å². The van der Waals surface area contributed by atoms with E-state index in [1.165, 1.54) is 22.4 Å². The molecule has 0 aromatic heterocycles. The van der Waals surface area contributed by atoms with Crippen molar-refractivity contribution in [3.8, 4) is 5.75 Å². The van der Waals surface area contributed by atoms with E-state index >= 15 is 0 Å². The highest BCUT2D eigenvalue weighted by Gasteiger charge is 2.44. The lowest BCUT2D eigenvalue weighted by atomic mass is 9.98. The number of ether oxygens (including phenoxy) is 1. The Morgan fingerprint density at radius 3 is 2.21 bits per heavy atom. The van der Waals surface area contributed by atoms with Gasteiger partial charge in [-0.05, 0) is 35.4 Å². The van der Waals surface area contributed by atoms with Crippen LogP contribution in [0.2, 0.25) is 5.02 Å². The van der Waals surface area contributed by atoms with E-state index < -0.39 is 15.6 Å². The summed E-state index contributed by atoms with van der Waals surface area (Å²) in [7, 11) is -2.03. The summed E-state index contributed by atoms with van der Waals surface area (Å²) in [5, 5.41) is 0.759. The first-order valence-corrected chi connectivity index (χ1v) is 9.64. The van der Waals surface area contributed by atoms with E-state index in [1.807, 2.05) is 24.3 Å². The summed E-state index contributed by atoms with van der Waals surface area (Å²) in [6, 6.07) is 14.1. The van der Waals surface area contributed by atoms with Gasteiger partial charge < -0.3 is 9.64 Å². The van der Waals surface area contributed by atoms with E-state index in [9.17, 15) is 13.2 Å². The van der Waals surface area contributed by atoms with E-state index in [2.05, 4.69) is 36.2 Å². The van der Waals surface area contributed by atoms with Crippen molar-refractivity contribution in [1.82, 2.24) is 4.90 Å². The Balaban J connectivity index is 0.000000300. The molecule has 0 saturated carbocycles. The number of hydrogen-bond acceptors (Lipinski definition) is 4. The van der Waals surface area contributed by atoms with Crippen LogP contribution < -0.4 is 4.74 Å². The van der Waals surface area contributed by atoms with Gasteiger partial charge >= 0.3 is 15.6 Å². The molecule has 1 aliphatic heterocycles. The Morgan fingerprint density at radius 1 is 1.14 bits per heavy atom. The van der Waals surface area contributed by atoms with Gasteiger partial charge in [0.25, 0.3) is 0 Å². The van der Waals surface area contributed by atoms with E-state index in [0.717, 1.165) is 17.3 Å². The maximum atomic E-state index is 10.7. The highest BCUT2D eigenvalue weighted by Crippen LogP contribution is 2.34. The molecule has 0 spiro atoms. The molecule has 0 aliphatic carbocycles. The Kier molecular flexibility index (Phi) is 6.63. The first-order valence-electron chi connectivity index (χ1n) is 7.82. The van der Waals surface area contributed by atoms with Gasteiger partial charge in [0.1, 0.15) is 5.75 Å². The molecule has 0 radical (unpaired) electrons. The standard InChI is InChI=1S/C17H16ClNO.CHF3O3S/c1-19-11-15-13(4-3-5-17(15)20-2)10-16(19)12-6-8-14(18)9-7-12;2-1(3,4)8(5,6)7/h3-10H,11H2,1-2H3;(H,5,6,7). The van der Waals surface area contributed by atoms with Gasteiger partial charge in [-0.2, -0.15) is 21.6 Å². The van der Waals surface area contributed by atoms with Crippen molar-refractivity contribution in [2.75, 3.05) is 14.2 Å². The molecule has 0 atom stereocenters. The topological polar surface area (TPSA) is 66.8 Å². The fourth-order valence-electron chi connectivity index (χ4n) is 2.58. The second-order valence-electron chi connectivity index (χ2n) is 5.84. The molecule has 1 N–H and O–H groups in total. The SMILES string of the molecule is COc1cccc2c1CN(C)C(c1ccc(Cl)cc1)=C2.O=S(=O)(O)C(F)(F)F. The molecule has 0 saturated heterocycles. The zero-order valence-corrected chi connectivity index (χ0v) is 16.4. The zero-order chi connectivity index (χ0) is 21.1. The molecule has 1 aliphatic rings. The lowest BCUT2D eigenvalue weighted by Crippen LogP contribution is -2.21. The van der Waals surface area contributed by atoms with Crippen LogP contribution in [0.25, 0.3) is 11.8 Å². The van der Waals surface area contributed by atoms with E-state index in [0.29, 0.717) is 0 Å².